The summed E-state index contributed by atoms with van der Waals surface area (Å²) in [5.74, 6) is 0.692. The summed E-state index contributed by atoms with van der Waals surface area (Å²) in [4.78, 5) is 0. The minimum atomic E-state index is -0.138. The first-order valence-electron chi connectivity index (χ1n) is 6.00. The van der Waals surface area contributed by atoms with Gasteiger partial charge in [-0.1, -0.05) is 47.1 Å². The molecule has 2 aromatic rings. The fourth-order valence-electron chi connectivity index (χ4n) is 2.26. The Balaban J connectivity index is 2.01. The highest BCUT2D eigenvalue weighted by molar-refractivity contribution is 6.31. The van der Waals surface area contributed by atoms with Crippen LogP contribution in [-0.4, -0.2) is 10.9 Å². The van der Waals surface area contributed by atoms with Crippen molar-refractivity contribution in [3.8, 4) is 5.75 Å². The molecular weight excluding hydrogens is 262 g/mol. The molecule has 0 radical (unpaired) electrons. The van der Waals surface area contributed by atoms with Gasteiger partial charge in [-0.05, 0) is 23.8 Å². The third-order valence-corrected chi connectivity index (χ3v) is 3.43. The Morgan fingerprint density at radius 2 is 1.95 bits per heavy atom. The second-order valence-electron chi connectivity index (χ2n) is 4.41. The Labute approximate surface area is 116 Å². The summed E-state index contributed by atoms with van der Waals surface area (Å²) < 4.78 is 5.95. The van der Waals surface area contributed by atoms with Crippen molar-refractivity contribution in [3.63, 3.8) is 0 Å². The monoisotopic (exact) mass is 273 g/mol. The van der Waals surface area contributed by atoms with E-state index in [1.165, 1.54) is 0 Å². The van der Waals surface area contributed by atoms with Crippen LogP contribution in [0.4, 0.5) is 0 Å². The lowest BCUT2D eigenvalue weighted by atomic mass is 9.96. The smallest absolute Gasteiger partial charge is 0.129 e. The predicted octanol–water partition coefficient (Wildman–Crippen LogP) is 4.04. The van der Waals surface area contributed by atoms with Crippen molar-refractivity contribution in [2.24, 2.45) is 5.16 Å². The van der Waals surface area contributed by atoms with Crippen LogP contribution in [0, 0.1) is 0 Å². The third kappa shape index (κ3) is 2.29. The molecule has 2 aromatic carbocycles. The number of oxime groups is 1. The van der Waals surface area contributed by atoms with Crippen LogP contribution in [0.25, 0.3) is 0 Å². The Hall–Kier alpha value is -2.00. The molecule has 0 aliphatic carbocycles. The van der Waals surface area contributed by atoms with Crippen molar-refractivity contribution in [2.45, 2.75) is 12.5 Å². The fraction of sp³-hybridized carbons (Fsp3) is 0.133. The summed E-state index contributed by atoms with van der Waals surface area (Å²) >= 11 is 5.96. The lowest BCUT2D eigenvalue weighted by molar-refractivity contribution is 0.203. The van der Waals surface area contributed by atoms with Gasteiger partial charge in [0.1, 0.15) is 11.9 Å². The highest BCUT2D eigenvalue weighted by atomic mass is 35.5. The van der Waals surface area contributed by atoms with Crippen molar-refractivity contribution in [2.75, 3.05) is 0 Å². The van der Waals surface area contributed by atoms with Gasteiger partial charge in [-0.2, -0.15) is 0 Å². The predicted molar refractivity (Wildman–Crippen MR) is 74.2 cm³/mol. The van der Waals surface area contributed by atoms with E-state index in [1.807, 2.05) is 30.3 Å². The lowest BCUT2D eigenvalue weighted by Gasteiger charge is -2.27. The number of hydrogen-bond donors (Lipinski definition) is 1. The summed E-state index contributed by atoms with van der Waals surface area (Å²) in [5.41, 5.74) is 2.41. The minimum absolute atomic E-state index is 0.138. The van der Waals surface area contributed by atoms with Crippen LogP contribution in [0.5, 0.6) is 5.75 Å². The van der Waals surface area contributed by atoms with E-state index < -0.39 is 0 Å². The van der Waals surface area contributed by atoms with E-state index in [9.17, 15) is 5.21 Å². The van der Waals surface area contributed by atoms with Crippen LogP contribution in [0.1, 0.15) is 23.7 Å². The maximum Gasteiger partial charge on any atom is 0.129 e. The van der Waals surface area contributed by atoms with Crippen LogP contribution in [0.2, 0.25) is 5.02 Å². The number of rotatable bonds is 1. The van der Waals surface area contributed by atoms with Gasteiger partial charge >= 0.3 is 0 Å². The molecule has 19 heavy (non-hydrogen) atoms. The van der Waals surface area contributed by atoms with Gasteiger partial charge in [0.05, 0.1) is 5.71 Å². The number of ether oxygens (including phenoxy) is 1. The summed E-state index contributed by atoms with van der Waals surface area (Å²) in [6.45, 7) is 0. The van der Waals surface area contributed by atoms with Crippen LogP contribution < -0.4 is 4.74 Å². The molecule has 0 spiro atoms. The molecule has 96 valence electrons. The molecule has 0 fully saturated rings. The van der Waals surface area contributed by atoms with E-state index in [2.05, 4.69) is 5.16 Å². The summed E-state index contributed by atoms with van der Waals surface area (Å²) in [5, 5.41) is 13.2. The highest BCUT2D eigenvalue weighted by Gasteiger charge is 2.26. The summed E-state index contributed by atoms with van der Waals surface area (Å²) in [7, 11) is 0. The molecule has 0 unspecified atom stereocenters. The quantitative estimate of drug-likeness (QED) is 0.629. The molecule has 1 aliphatic rings. The molecule has 1 N–H and O–H groups in total. The molecule has 3 rings (SSSR count). The molecule has 4 heteroatoms. The van der Waals surface area contributed by atoms with E-state index in [0.29, 0.717) is 22.9 Å². The third-order valence-electron chi connectivity index (χ3n) is 3.19. The van der Waals surface area contributed by atoms with Crippen LogP contribution >= 0.6 is 11.6 Å². The number of nitrogens with zero attached hydrogens (tertiary/aromatic N) is 1. The minimum Gasteiger partial charge on any atom is -0.485 e. The molecule has 0 aromatic heterocycles. The Morgan fingerprint density at radius 3 is 2.68 bits per heavy atom. The SMILES string of the molecule is O/N=C1/C[C@H](c2ccccc2)Oc2ccc(Cl)cc21. The highest BCUT2D eigenvalue weighted by Crippen LogP contribution is 2.36. The lowest BCUT2D eigenvalue weighted by Crippen LogP contribution is -2.21. The number of fused-ring (bicyclic) bond motifs is 1. The van der Waals surface area contributed by atoms with Gasteiger partial charge in [0.2, 0.25) is 0 Å². The maximum absolute atomic E-state index is 9.18. The van der Waals surface area contributed by atoms with Crippen LogP contribution in [0.3, 0.4) is 0 Å². The van der Waals surface area contributed by atoms with E-state index in [4.69, 9.17) is 16.3 Å². The van der Waals surface area contributed by atoms with E-state index in [1.54, 1.807) is 18.2 Å². The number of hydrogen-bond acceptors (Lipinski definition) is 3. The largest absolute Gasteiger partial charge is 0.485 e. The Morgan fingerprint density at radius 1 is 1.16 bits per heavy atom. The zero-order valence-corrected chi connectivity index (χ0v) is 10.8. The summed E-state index contributed by atoms with van der Waals surface area (Å²) in [6.07, 6.45) is 0.384. The second-order valence-corrected chi connectivity index (χ2v) is 4.84. The van der Waals surface area contributed by atoms with Crippen molar-refractivity contribution in [3.05, 3.63) is 64.7 Å². The van der Waals surface area contributed by atoms with Gasteiger partial charge < -0.3 is 9.94 Å². The average molecular weight is 274 g/mol. The zero-order chi connectivity index (χ0) is 13.2. The van der Waals surface area contributed by atoms with E-state index in [0.717, 1.165) is 11.1 Å². The van der Waals surface area contributed by atoms with Gasteiger partial charge in [0.25, 0.3) is 0 Å². The molecule has 0 bridgehead atoms. The molecule has 1 atom stereocenters. The van der Waals surface area contributed by atoms with E-state index >= 15 is 0 Å². The number of benzene rings is 2. The Bertz CT molecular complexity index is 625. The van der Waals surface area contributed by atoms with Gasteiger partial charge in [-0.15, -0.1) is 0 Å². The second kappa shape index (κ2) is 4.94. The normalized spacial score (nSPS) is 19.8. The van der Waals surface area contributed by atoms with Gasteiger partial charge in [-0.25, -0.2) is 0 Å². The van der Waals surface area contributed by atoms with Crippen molar-refractivity contribution < 1.29 is 9.94 Å². The Kier molecular flexibility index (Phi) is 3.13. The van der Waals surface area contributed by atoms with Gasteiger partial charge in [0, 0.05) is 17.0 Å². The fourth-order valence-corrected chi connectivity index (χ4v) is 2.43. The van der Waals surface area contributed by atoms with Crippen molar-refractivity contribution in [1.82, 2.24) is 0 Å². The molecular formula is C15H12ClNO2. The molecule has 0 amide bonds. The zero-order valence-electron chi connectivity index (χ0n) is 10.1. The molecule has 0 saturated heterocycles. The molecule has 1 aliphatic heterocycles. The topological polar surface area (TPSA) is 41.8 Å². The first-order valence-corrected chi connectivity index (χ1v) is 6.38. The average Bonchev–Trinajstić information content (AvgIpc) is 2.47. The van der Waals surface area contributed by atoms with Crippen molar-refractivity contribution in [1.29, 1.82) is 0 Å². The van der Waals surface area contributed by atoms with E-state index in [-0.39, 0.29) is 6.10 Å². The maximum atomic E-state index is 9.18. The molecule has 1 heterocycles. The van der Waals surface area contributed by atoms with Crippen LogP contribution in [0.15, 0.2) is 53.7 Å². The standard InChI is InChI=1S/C15H12ClNO2/c16-11-6-7-14-12(8-11)13(17-18)9-15(19-14)10-4-2-1-3-5-10/h1-8,15,18H,9H2/b17-13-/t15-/m1/s1. The first-order chi connectivity index (χ1) is 9.28. The molecule has 0 saturated carbocycles. The molecule has 3 nitrogen and oxygen atoms in total. The van der Waals surface area contributed by atoms with Crippen LogP contribution in [-0.2, 0) is 0 Å². The van der Waals surface area contributed by atoms with Crippen molar-refractivity contribution >= 4 is 17.3 Å². The van der Waals surface area contributed by atoms with Gasteiger partial charge in [-0.3, -0.25) is 0 Å². The van der Waals surface area contributed by atoms with Gasteiger partial charge in [0.15, 0.2) is 0 Å². The summed E-state index contributed by atoms with van der Waals surface area (Å²) in [6, 6.07) is 15.2. The number of halogens is 1. The first kappa shape index (κ1) is 12.1.